The van der Waals surface area contributed by atoms with E-state index in [0.717, 1.165) is 16.0 Å². The van der Waals surface area contributed by atoms with E-state index in [4.69, 9.17) is 5.11 Å². The number of hydrogen-bond donors (Lipinski definition) is 2. The van der Waals surface area contributed by atoms with Crippen molar-refractivity contribution in [1.29, 1.82) is 0 Å². The van der Waals surface area contributed by atoms with Crippen molar-refractivity contribution in [3.05, 3.63) is 46.6 Å². The van der Waals surface area contributed by atoms with E-state index >= 15 is 0 Å². The summed E-state index contributed by atoms with van der Waals surface area (Å²) in [7, 11) is 0. The highest BCUT2D eigenvalue weighted by Gasteiger charge is 2.15. The quantitative estimate of drug-likeness (QED) is 0.910. The van der Waals surface area contributed by atoms with E-state index in [0.29, 0.717) is 4.88 Å². The highest BCUT2D eigenvalue weighted by molar-refractivity contribution is 7.17. The number of rotatable bonds is 4. The summed E-state index contributed by atoms with van der Waals surface area (Å²) in [5, 5.41) is 11.7. The van der Waals surface area contributed by atoms with Crippen LogP contribution < -0.4 is 5.32 Å². The van der Waals surface area contributed by atoms with Crippen molar-refractivity contribution < 1.29 is 14.3 Å². The van der Waals surface area contributed by atoms with Crippen LogP contribution in [0.2, 0.25) is 0 Å². The van der Waals surface area contributed by atoms with E-state index in [1.54, 1.807) is 19.1 Å². The third-order valence-corrected chi connectivity index (χ3v) is 4.18. The first-order chi connectivity index (χ1) is 9.51. The Morgan fingerprint density at radius 2 is 2.05 bits per heavy atom. The summed E-state index contributed by atoms with van der Waals surface area (Å²) in [5.41, 5.74) is 1.87. The lowest BCUT2D eigenvalue weighted by Gasteiger charge is -2.08. The normalized spacial score (nSPS) is 12.2. The van der Waals surface area contributed by atoms with Gasteiger partial charge in [0, 0.05) is 10.9 Å². The molecular formula is C15H16FNO2S. The number of nitrogens with one attached hydrogen (secondary N) is 1. The summed E-state index contributed by atoms with van der Waals surface area (Å²) in [6.07, 6.45) is 0. The fourth-order valence-electron chi connectivity index (χ4n) is 1.82. The van der Waals surface area contributed by atoms with Crippen molar-refractivity contribution in [3.8, 4) is 10.4 Å². The van der Waals surface area contributed by atoms with Crippen LogP contribution in [0.5, 0.6) is 0 Å². The number of aryl methyl sites for hydroxylation is 1. The Hall–Kier alpha value is -1.72. The summed E-state index contributed by atoms with van der Waals surface area (Å²) in [6.45, 7) is 3.56. The van der Waals surface area contributed by atoms with Gasteiger partial charge < -0.3 is 10.4 Å². The first-order valence-corrected chi connectivity index (χ1v) is 7.11. The van der Waals surface area contributed by atoms with E-state index < -0.39 is 0 Å². The topological polar surface area (TPSA) is 49.3 Å². The molecule has 1 aromatic heterocycles. The Labute approximate surface area is 121 Å². The number of hydrogen-bond acceptors (Lipinski definition) is 3. The highest BCUT2D eigenvalue weighted by atomic mass is 32.1. The number of aliphatic hydroxyl groups is 1. The third kappa shape index (κ3) is 3.23. The van der Waals surface area contributed by atoms with Gasteiger partial charge in [0.15, 0.2) is 0 Å². The minimum atomic E-state index is -0.280. The molecule has 0 spiro atoms. The molecule has 1 aromatic carbocycles. The predicted octanol–water partition coefficient (Wildman–Crippen LogP) is 2.97. The Morgan fingerprint density at radius 1 is 1.40 bits per heavy atom. The summed E-state index contributed by atoms with van der Waals surface area (Å²) in [4.78, 5) is 13.5. The average Bonchev–Trinajstić information content (AvgIpc) is 2.81. The molecule has 0 bridgehead atoms. The van der Waals surface area contributed by atoms with E-state index in [9.17, 15) is 9.18 Å². The number of aliphatic hydroxyl groups excluding tert-OH is 1. The Kier molecular flexibility index (Phi) is 4.52. The fourth-order valence-corrected chi connectivity index (χ4v) is 2.90. The number of thiophene rings is 1. The van der Waals surface area contributed by atoms with Gasteiger partial charge in [0.25, 0.3) is 5.91 Å². The van der Waals surface area contributed by atoms with Crippen molar-refractivity contribution in [1.82, 2.24) is 5.32 Å². The molecule has 0 aliphatic carbocycles. The highest BCUT2D eigenvalue weighted by Crippen LogP contribution is 2.32. The smallest absolute Gasteiger partial charge is 0.261 e. The summed E-state index contributed by atoms with van der Waals surface area (Å²) in [6, 6.07) is 7.74. The van der Waals surface area contributed by atoms with Gasteiger partial charge in [0.05, 0.1) is 11.5 Å². The summed E-state index contributed by atoms with van der Waals surface area (Å²) < 4.78 is 12.9. The third-order valence-electron chi connectivity index (χ3n) is 2.90. The second-order valence-electron chi connectivity index (χ2n) is 4.69. The van der Waals surface area contributed by atoms with Crippen molar-refractivity contribution in [2.45, 2.75) is 19.9 Å². The molecule has 2 rings (SSSR count). The van der Waals surface area contributed by atoms with Gasteiger partial charge >= 0.3 is 0 Å². The molecule has 5 heteroatoms. The molecule has 1 unspecified atom stereocenters. The lowest BCUT2D eigenvalue weighted by Crippen LogP contribution is -2.34. The number of carbonyl (C=O) groups excluding carboxylic acids is 1. The minimum Gasteiger partial charge on any atom is -0.394 e. The van der Waals surface area contributed by atoms with Crippen LogP contribution in [0.3, 0.4) is 0 Å². The zero-order chi connectivity index (χ0) is 14.7. The van der Waals surface area contributed by atoms with E-state index in [1.807, 2.05) is 13.0 Å². The van der Waals surface area contributed by atoms with Gasteiger partial charge in [-0.25, -0.2) is 4.39 Å². The van der Waals surface area contributed by atoms with Crippen LogP contribution >= 0.6 is 11.3 Å². The molecule has 106 valence electrons. The lowest BCUT2D eigenvalue weighted by molar-refractivity contribution is 0.0926. The molecule has 2 aromatic rings. The first kappa shape index (κ1) is 14.7. The predicted molar refractivity (Wildman–Crippen MR) is 78.5 cm³/mol. The SMILES string of the molecule is Cc1cc(C(=O)NC(C)CO)sc1-c1ccc(F)cc1. The molecular weight excluding hydrogens is 277 g/mol. The van der Waals surface area contributed by atoms with Crippen LogP contribution in [-0.4, -0.2) is 23.7 Å². The minimum absolute atomic E-state index is 0.0963. The molecule has 3 nitrogen and oxygen atoms in total. The van der Waals surface area contributed by atoms with E-state index in [1.165, 1.54) is 23.5 Å². The van der Waals surface area contributed by atoms with Crippen molar-refractivity contribution in [3.63, 3.8) is 0 Å². The number of amides is 1. The van der Waals surface area contributed by atoms with Gasteiger partial charge in [-0.1, -0.05) is 12.1 Å². The Morgan fingerprint density at radius 3 is 2.65 bits per heavy atom. The molecule has 20 heavy (non-hydrogen) atoms. The second-order valence-corrected chi connectivity index (χ2v) is 5.74. The maximum atomic E-state index is 12.9. The zero-order valence-electron chi connectivity index (χ0n) is 11.3. The van der Waals surface area contributed by atoms with Crippen LogP contribution in [0, 0.1) is 12.7 Å². The van der Waals surface area contributed by atoms with Gasteiger partial charge in [-0.05, 0) is 43.2 Å². The van der Waals surface area contributed by atoms with Gasteiger partial charge in [-0.3, -0.25) is 4.79 Å². The molecule has 0 saturated heterocycles. The molecule has 0 fully saturated rings. The molecule has 1 amide bonds. The van der Waals surface area contributed by atoms with E-state index in [-0.39, 0.29) is 24.4 Å². The molecule has 0 radical (unpaired) electrons. The largest absolute Gasteiger partial charge is 0.394 e. The molecule has 0 saturated carbocycles. The first-order valence-electron chi connectivity index (χ1n) is 6.29. The zero-order valence-corrected chi connectivity index (χ0v) is 12.1. The number of carbonyl (C=O) groups is 1. The molecule has 0 aliphatic heterocycles. The standard InChI is InChI=1S/C15H16FNO2S/c1-9-7-13(15(19)17-10(2)8-18)20-14(9)11-3-5-12(16)6-4-11/h3-7,10,18H,8H2,1-2H3,(H,17,19). The molecule has 2 N–H and O–H groups in total. The Balaban J connectivity index is 2.25. The van der Waals surface area contributed by atoms with Crippen LogP contribution in [0.1, 0.15) is 22.2 Å². The lowest BCUT2D eigenvalue weighted by atomic mass is 10.1. The van der Waals surface area contributed by atoms with Crippen LogP contribution in [0.15, 0.2) is 30.3 Å². The monoisotopic (exact) mass is 293 g/mol. The van der Waals surface area contributed by atoms with Gasteiger partial charge in [-0.15, -0.1) is 11.3 Å². The van der Waals surface area contributed by atoms with Crippen LogP contribution in [0.4, 0.5) is 4.39 Å². The number of halogens is 1. The second kappa shape index (κ2) is 6.15. The van der Waals surface area contributed by atoms with Gasteiger partial charge in [0.1, 0.15) is 5.82 Å². The van der Waals surface area contributed by atoms with Gasteiger partial charge in [-0.2, -0.15) is 0 Å². The van der Waals surface area contributed by atoms with Gasteiger partial charge in [0.2, 0.25) is 0 Å². The van der Waals surface area contributed by atoms with Crippen LogP contribution in [0.25, 0.3) is 10.4 Å². The summed E-state index contributed by atoms with van der Waals surface area (Å²) in [5.74, 6) is -0.481. The molecule has 0 aliphatic rings. The fraction of sp³-hybridized carbons (Fsp3) is 0.267. The molecule has 1 heterocycles. The average molecular weight is 293 g/mol. The maximum Gasteiger partial charge on any atom is 0.261 e. The Bertz CT molecular complexity index is 607. The van der Waals surface area contributed by atoms with Crippen molar-refractivity contribution >= 4 is 17.2 Å². The molecule has 1 atom stereocenters. The maximum absolute atomic E-state index is 12.9. The summed E-state index contributed by atoms with van der Waals surface area (Å²) >= 11 is 1.36. The van der Waals surface area contributed by atoms with Crippen LogP contribution in [-0.2, 0) is 0 Å². The van der Waals surface area contributed by atoms with E-state index in [2.05, 4.69) is 5.32 Å². The van der Waals surface area contributed by atoms with Crippen molar-refractivity contribution in [2.75, 3.05) is 6.61 Å². The van der Waals surface area contributed by atoms with Crippen molar-refractivity contribution in [2.24, 2.45) is 0 Å². The number of benzene rings is 1.